The van der Waals surface area contributed by atoms with Gasteiger partial charge in [0, 0.05) is 11.6 Å². The lowest BCUT2D eigenvalue weighted by molar-refractivity contribution is 0.173. The van der Waals surface area contributed by atoms with E-state index in [4.69, 9.17) is 19.7 Å². The van der Waals surface area contributed by atoms with E-state index >= 15 is 0 Å². The minimum atomic E-state index is 0.232. The lowest BCUT2D eigenvalue weighted by Crippen LogP contribution is -1.93. The maximum absolute atomic E-state index is 5.50. The Kier molecular flexibility index (Phi) is 2.03. The molecule has 0 fully saturated rings. The number of anilines is 1. The van der Waals surface area contributed by atoms with Gasteiger partial charge in [-0.3, -0.25) is 0 Å². The lowest BCUT2D eigenvalue weighted by Gasteiger charge is -2.03. The zero-order chi connectivity index (χ0) is 11.1. The summed E-state index contributed by atoms with van der Waals surface area (Å²) in [6, 6.07) is 5.33. The second-order valence-corrected chi connectivity index (χ2v) is 4.07. The summed E-state index contributed by atoms with van der Waals surface area (Å²) < 4.78 is 16.5. The molecule has 0 atom stereocenters. The fraction of sp³-hybridized carbons (Fsp3) is 0.100. The van der Waals surface area contributed by atoms with Crippen LogP contribution in [0.3, 0.4) is 0 Å². The Morgan fingerprint density at radius 3 is 2.94 bits per heavy atom. The summed E-state index contributed by atoms with van der Waals surface area (Å²) >= 11 is 3.44. The summed E-state index contributed by atoms with van der Waals surface area (Å²) in [5.41, 5.74) is 6.33. The third-order valence-electron chi connectivity index (χ3n) is 2.27. The molecular weight excluding hydrogens is 276 g/mol. The van der Waals surface area contributed by atoms with Crippen LogP contribution in [0.1, 0.15) is 0 Å². The van der Waals surface area contributed by atoms with Crippen molar-refractivity contribution in [2.45, 2.75) is 0 Å². The van der Waals surface area contributed by atoms with E-state index in [1.807, 2.05) is 12.1 Å². The molecule has 0 radical (unpaired) electrons. The van der Waals surface area contributed by atoms with Gasteiger partial charge in [-0.05, 0) is 28.1 Å². The summed E-state index contributed by atoms with van der Waals surface area (Å²) in [7, 11) is 0. The number of hydrogen-bond donors (Lipinski definition) is 1. The van der Waals surface area contributed by atoms with Gasteiger partial charge in [-0.2, -0.15) is 0 Å². The van der Waals surface area contributed by atoms with Crippen LogP contribution in [0.4, 0.5) is 5.82 Å². The second-order valence-electron chi connectivity index (χ2n) is 3.28. The Morgan fingerprint density at radius 2 is 2.19 bits per heavy atom. The smallest absolute Gasteiger partial charge is 0.231 e. The first-order valence-electron chi connectivity index (χ1n) is 4.56. The molecule has 0 bridgehead atoms. The molecule has 0 saturated heterocycles. The molecule has 0 amide bonds. The van der Waals surface area contributed by atoms with E-state index in [9.17, 15) is 0 Å². The summed E-state index contributed by atoms with van der Waals surface area (Å²) in [5.74, 6) is 2.32. The minimum Gasteiger partial charge on any atom is -0.454 e. The van der Waals surface area contributed by atoms with E-state index in [-0.39, 0.29) is 6.79 Å². The first kappa shape index (κ1) is 9.53. The summed E-state index contributed by atoms with van der Waals surface area (Å²) in [6.07, 6.45) is 0. The number of ether oxygens (including phenoxy) is 2. The molecule has 1 aromatic carbocycles. The van der Waals surface area contributed by atoms with Gasteiger partial charge in [-0.1, -0.05) is 5.16 Å². The van der Waals surface area contributed by atoms with Crippen molar-refractivity contribution in [3.63, 3.8) is 0 Å². The van der Waals surface area contributed by atoms with Crippen LogP contribution in [-0.4, -0.2) is 11.9 Å². The molecule has 2 heterocycles. The van der Waals surface area contributed by atoms with E-state index in [1.165, 1.54) is 0 Å². The molecule has 0 aliphatic carbocycles. The van der Waals surface area contributed by atoms with Crippen LogP contribution in [0.2, 0.25) is 0 Å². The maximum atomic E-state index is 5.50. The van der Waals surface area contributed by atoms with Gasteiger partial charge in [0.25, 0.3) is 0 Å². The van der Waals surface area contributed by atoms with Crippen molar-refractivity contribution in [1.29, 1.82) is 0 Å². The lowest BCUT2D eigenvalue weighted by atomic mass is 10.1. The van der Waals surface area contributed by atoms with E-state index in [2.05, 4.69) is 21.1 Å². The standard InChI is InChI=1S/C10H7BrN2O3/c11-9-5(7-3-8(12)13-16-7)1-2-6-10(9)15-4-14-6/h1-3H,4H2,(H2,12,13). The average Bonchev–Trinajstić information content (AvgIpc) is 2.87. The van der Waals surface area contributed by atoms with Crippen LogP contribution < -0.4 is 15.2 Å². The number of benzene rings is 1. The molecule has 1 aromatic heterocycles. The number of fused-ring (bicyclic) bond motifs is 1. The van der Waals surface area contributed by atoms with Gasteiger partial charge in [-0.25, -0.2) is 0 Å². The molecule has 0 unspecified atom stereocenters. The molecular formula is C10H7BrN2O3. The van der Waals surface area contributed by atoms with Crippen LogP contribution >= 0.6 is 15.9 Å². The van der Waals surface area contributed by atoms with Gasteiger partial charge in [-0.15, -0.1) is 0 Å². The highest BCUT2D eigenvalue weighted by atomic mass is 79.9. The van der Waals surface area contributed by atoms with Gasteiger partial charge in [0.1, 0.15) is 0 Å². The van der Waals surface area contributed by atoms with E-state index < -0.39 is 0 Å². The highest BCUT2D eigenvalue weighted by molar-refractivity contribution is 9.10. The van der Waals surface area contributed by atoms with Crippen molar-refractivity contribution in [3.05, 3.63) is 22.7 Å². The summed E-state index contributed by atoms with van der Waals surface area (Å²) in [4.78, 5) is 0. The molecule has 1 aliphatic rings. The Labute approximate surface area is 99.2 Å². The predicted octanol–water partition coefficient (Wildman–Crippen LogP) is 2.42. The Bertz CT molecular complexity index is 553. The molecule has 0 spiro atoms. The number of nitrogen functional groups attached to an aromatic ring is 1. The van der Waals surface area contributed by atoms with Crippen LogP contribution in [0.15, 0.2) is 27.2 Å². The van der Waals surface area contributed by atoms with Crippen LogP contribution in [0, 0.1) is 0 Å². The molecule has 5 nitrogen and oxygen atoms in total. The van der Waals surface area contributed by atoms with Gasteiger partial charge < -0.3 is 19.7 Å². The molecule has 82 valence electrons. The second kappa shape index (κ2) is 3.41. The van der Waals surface area contributed by atoms with E-state index in [0.717, 1.165) is 10.0 Å². The normalized spacial score (nSPS) is 13.1. The first-order valence-corrected chi connectivity index (χ1v) is 5.35. The van der Waals surface area contributed by atoms with Crippen molar-refractivity contribution in [1.82, 2.24) is 5.16 Å². The van der Waals surface area contributed by atoms with E-state index in [0.29, 0.717) is 23.1 Å². The summed E-state index contributed by atoms with van der Waals surface area (Å²) in [6.45, 7) is 0.232. The largest absolute Gasteiger partial charge is 0.454 e. The molecule has 1 aliphatic heterocycles. The van der Waals surface area contributed by atoms with Gasteiger partial charge >= 0.3 is 0 Å². The highest BCUT2D eigenvalue weighted by Gasteiger charge is 2.21. The molecule has 6 heteroatoms. The number of aromatic nitrogens is 1. The average molecular weight is 283 g/mol. The van der Waals surface area contributed by atoms with Crippen molar-refractivity contribution >= 4 is 21.7 Å². The van der Waals surface area contributed by atoms with Crippen LogP contribution in [0.5, 0.6) is 11.5 Å². The van der Waals surface area contributed by atoms with Crippen molar-refractivity contribution < 1.29 is 14.0 Å². The predicted molar refractivity (Wildman–Crippen MR) is 60.2 cm³/mol. The quantitative estimate of drug-likeness (QED) is 0.870. The molecule has 2 aromatic rings. The molecule has 2 N–H and O–H groups in total. The van der Waals surface area contributed by atoms with Crippen molar-refractivity contribution in [2.24, 2.45) is 0 Å². The molecule has 3 rings (SSSR count). The van der Waals surface area contributed by atoms with Gasteiger partial charge in [0.2, 0.25) is 6.79 Å². The topological polar surface area (TPSA) is 70.5 Å². The van der Waals surface area contributed by atoms with Crippen molar-refractivity contribution in [3.8, 4) is 22.8 Å². The van der Waals surface area contributed by atoms with E-state index in [1.54, 1.807) is 6.07 Å². The Hall–Kier alpha value is -1.69. The molecule has 16 heavy (non-hydrogen) atoms. The monoisotopic (exact) mass is 282 g/mol. The third kappa shape index (κ3) is 1.34. The number of rotatable bonds is 1. The summed E-state index contributed by atoms with van der Waals surface area (Å²) in [5, 5.41) is 3.64. The number of hydrogen-bond acceptors (Lipinski definition) is 5. The SMILES string of the molecule is Nc1cc(-c2ccc3c(c2Br)OCO3)on1. The number of nitrogens with zero attached hydrogens (tertiary/aromatic N) is 1. The molecule has 0 saturated carbocycles. The minimum absolute atomic E-state index is 0.232. The van der Waals surface area contributed by atoms with Crippen LogP contribution in [0.25, 0.3) is 11.3 Å². The fourth-order valence-electron chi connectivity index (χ4n) is 1.54. The fourth-order valence-corrected chi connectivity index (χ4v) is 2.18. The van der Waals surface area contributed by atoms with Gasteiger partial charge in [0.15, 0.2) is 23.1 Å². The third-order valence-corrected chi connectivity index (χ3v) is 3.06. The van der Waals surface area contributed by atoms with Crippen molar-refractivity contribution in [2.75, 3.05) is 12.5 Å². The maximum Gasteiger partial charge on any atom is 0.231 e. The first-order chi connectivity index (χ1) is 7.75. The highest BCUT2D eigenvalue weighted by Crippen LogP contribution is 2.44. The Morgan fingerprint density at radius 1 is 1.31 bits per heavy atom. The Balaban J connectivity index is 2.15. The van der Waals surface area contributed by atoms with Crippen LogP contribution in [-0.2, 0) is 0 Å². The number of halogens is 1. The van der Waals surface area contributed by atoms with Gasteiger partial charge in [0.05, 0.1) is 4.47 Å². The zero-order valence-corrected chi connectivity index (χ0v) is 9.65. The zero-order valence-electron chi connectivity index (χ0n) is 8.07. The number of nitrogens with two attached hydrogens (primary N) is 1.